The quantitative estimate of drug-likeness (QED) is 0.816. The number of nitrogens with one attached hydrogen (secondary N) is 1. The second-order valence-corrected chi connectivity index (χ2v) is 3.78. The Morgan fingerprint density at radius 3 is 2.56 bits per heavy atom. The molecular formula is C12H18N2O2. The molecule has 0 aromatic heterocycles. The maximum absolute atomic E-state index is 11.3. The molecular weight excluding hydrogens is 204 g/mol. The Labute approximate surface area is 95.8 Å². The van der Waals surface area contributed by atoms with Crippen LogP contribution in [0, 0.1) is 0 Å². The normalized spacial score (nSPS) is 10.2. The average molecular weight is 222 g/mol. The number of ether oxygens (including phenoxy) is 1. The van der Waals surface area contributed by atoms with Crippen LogP contribution in [0.25, 0.3) is 0 Å². The lowest BCUT2D eigenvalue weighted by Crippen LogP contribution is -2.26. The van der Waals surface area contributed by atoms with Gasteiger partial charge in [0.05, 0.1) is 6.10 Å². The van der Waals surface area contributed by atoms with Gasteiger partial charge in [-0.15, -0.1) is 0 Å². The van der Waals surface area contributed by atoms with Gasteiger partial charge < -0.3 is 15.8 Å². The van der Waals surface area contributed by atoms with Crippen molar-refractivity contribution in [2.24, 2.45) is 5.73 Å². The Morgan fingerprint density at radius 2 is 2.00 bits per heavy atom. The van der Waals surface area contributed by atoms with Crippen molar-refractivity contribution in [2.75, 3.05) is 0 Å². The van der Waals surface area contributed by atoms with Gasteiger partial charge in [-0.25, -0.2) is 4.79 Å². The van der Waals surface area contributed by atoms with Gasteiger partial charge in [0, 0.05) is 13.1 Å². The van der Waals surface area contributed by atoms with Crippen LogP contribution in [0.3, 0.4) is 0 Å². The lowest BCUT2D eigenvalue weighted by Gasteiger charge is -2.11. The van der Waals surface area contributed by atoms with Crippen LogP contribution in [0.2, 0.25) is 0 Å². The molecule has 0 saturated heterocycles. The third kappa shape index (κ3) is 3.90. The number of carbonyl (C=O) groups is 1. The minimum absolute atomic E-state index is 0.107. The first-order valence-corrected chi connectivity index (χ1v) is 5.34. The molecule has 1 aromatic carbocycles. The van der Waals surface area contributed by atoms with E-state index in [2.05, 4.69) is 5.32 Å². The van der Waals surface area contributed by atoms with Crippen molar-refractivity contribution in [2.45, 2.75) is 33.0 Å². The van der Waals surface area contributed by atoms with E-state index in [9.17, 15) is 4.79 Å². The zero-order valence-electron chi connectivity index (χ0n) is 9.69. The highest BCUT2D eigenvalue weighted by Gasteiger charge is 2.05. The van der Waals surface area contributed by atoms with Crippen LogP contribution in [-0.2, 0) is 17.8 Å². The number of amides is 1. The zero-order chi connectivity index (χ0) is 12.0. The molecule has 0 spiro atoms. The van der Waals surface area contributed by atoms with Crippen molar-refractivity contribution in [3.8, 4) is 0 Å². The predicted octanol–water partition coefficient (Wildman–Crippen LogP) is 1.78. The molecule has 16 heavy (non-hydrogen) atoms. The highest BCUT2D eigenvalue weighted by atomic mass is 16.6. The summed E-state index contributed by atoms with van der Waals surface area (Å²) >= 11 is 0. The van der Waals surface area contributed by atoms with Crippen molar-refractivity contribution in [1.82, 2.24) is 5.32 Å². The summed E-state index contributed by atoms with van der Waals surface area (Å²) in [5.74, 6) is 0. The fourth-order valence-electron chi connectivity index (χ4n) is 1.35. The summed E-state index contributed by atoms with van der Waals surface area (Å²) in [6.45, 7) is 4.54. The molecule has 0 radical (unpaired) electrons. The van der Waals surface area contributed by atoms with Crippen LogP contribution in [0.4, 0.5) is 4.79 Å². The molecule has 0 bridgehead atoms. The van der Waals surface area contributed by atoms with Crippen LogP contribution < -0.4 is 11.1 Å². The molecule has 1 aromatic rings. The van der Waals surface area contributed by atoms with E-state index < -0.39 is 6.09 Å². The van der Waals surface area contributed by atoms with Gasteiger partial charge in [-0.1, -0.05) is 24.3 Å². The van der Waals surface area contributed by atoms with Crippen LogP contribution in [-0.4, -0.2) is 12.2 Å². The third-order valence-electron chi connectivity index (χ3n) is 2.10. The van der Waals surface area contributed by atoms with Crippen LogP contribution in [0.15, 0.2) is 24.3 Å². The number of rotatable bonds is 4. The summed E-state index contributed by atoms with van der Waals surface area (Å²) in [5, 5.41) is 2.69. The van der Waals surface area contributed by atoms with E-state index >= 15 is 0 Å². The topological polar surface area (TPSA) is 64.3 Å². The smallest absolute Gasteiger partial charge is 0.407 e. The molecule has 0 aliphatic carbocycles. The van der Waals surface area contributed by atoms with Gasteiger partial charge >= 0.3 is 6.09 Å². The van der Waals surface area contributed by atoms with Gasteiger partial charge in [0.2, 0.25) is 0 Å². The monoisotopic (exact) mass is 222 g/mol. The molecule has 0 atom stereocenters. The van der Waals surface area contributed by atoms with E-state index in [1.807, 2.05) is 38.1 Å². The van der Waals surface area contributed by atoms with Crippen molar-refractivity contribution in [3.05, 3.63) is 35.4 Å². The zero-order valence-corrected chi connectivity index (χ0v) is 9.69. The molecule has 88 valence electrons. The molecule has 4 nitrogen and oxygen atoms in total. The van der Waals surface area contributed by atoms with Crippen LogP contribution in [0.1, 0.15) is 25.0 Å². The van der Waals surface area contributed by atoms with Gasteiger partial charge in [0.15, 0.2) is 0 Å². The van der Waals surface area contributed by atoms with E-state index in [0.717, 1.165) is 11.1 Å². The fraction of sp³-hybridized carbons (Fsp3) is 0.417. The van der Waals surface area contributed by atoms with E-state index in [-0.39, 0.29) is 6.10 Å². The largest absolute Gasteiger partial charge is 0.447 e. The Hall–Kier alpha value is -1.55. The first kappa shape index (κ1) is 12.5. The molecule has 4 heteroatoms. The molecule has 3 N–H and O–H groups in total. The third-order valence-corrected chi connectivity index (χ3v) is 2.10. The minimum Gasteiger partial charge on any atom is -0.447 e. The van der Waals surface area contributed by atoms with E-state index in [0.29, 0.717) is 13.1 Å². The highest BCUT2D eigenvalue weighted by Crippen LogP contribution is 2.07. The Morgan fingerprint density at radius 1 is 1.38 bits per heavy atom. The number of benzene rings is 1. The lowest BCUT2D eigenvalue weighted by molar-refractivity contribution is 0.115. The predicted molar refractivity (Wildman–Crippen MR) is 62.8 cm³/mol. The summed E-state index contributed by atoms with van der Waals surface area (Å²) in [4.78, 5) is 11.3. The number of hydrogen-bond donors (Lipinski definition) is 2. The summed E-state index contributed by atoms with van der Waals surface area (Å²) < 4.78 is 4.96. The molecule has 0 heterocycles. The molecule has 0 unspecified atom stereocenters. The Kier molecular flexibility index (Phi) is 4.79. The standard InChI is InChI=1S/C12H18N2O2/c1-9(2)16-12(15)14-8-11-6-4-3-5-10(11)7-13/h3-6,9H,7-8,13H2,1-2H3,(H,14,15). The summed E-state index contributed by atoms with van der Waals surface area (Å²) in [5.41, 5.74) is 7.65. The van der Waals surface area contributed by atoms with Crippen LogP contribution >= 0.6 is 0 Å². The maximum Gasteiger partial charge on any atom is 0.407 e. The van der Waals surface area contributed by atoms with Crippen molar-refractivity contribution in [1.29, 1.82) is 0 Å². The Bertz CT molecular complexity index is 351. The second-order valence-electron chi connectivity index (χ2n) is 3.78. The summed E-state index contributed by atoms with van der Waals surface area (Å²) in [6.07, 6.45) is -0.508. The molecule has 1 rings (SSSR count). The van der Waals surface area contributed by atoms with Gasteiger partial charge in [0.1, 0.15) is 0 Å². The summed E-state index contributed by atoms with van der Waals surface area (Å²) in [6, 6.07) is 7.74. The van der Waals surface area contributed by atoms with Gasteiger partial charge in [-0.2, -0.15) is 0 Å². The first-order valence-electron chi connectivity index (χ1n) is 5.34. The number of nitrogens with two attached hydrogens (primary N) is 1. The highest BCUT2D eigenvalue weighted by molar-refractivity contribution is 5.67. The van der Waals surface area contributed by atoms with E-state index in [1.54, 1.807) is 0 Å². The van der Waals surface area contributed by atoms with Crippen molar-refractivity contribution < 1.29 is 9.53 Å². The first-order chi connectivity index (χ1) is 7.63. The van der Waals surface area contributed by atoms with Gasteiger partial charge in [-0.05, 0) is 25.0 Å². The second kappa shape index (κ2) is 6.12. The molecule has 1 amide bonds. The summed E-state index contributed by atoms with van der Waals surface area (Å²) in [7, 11) is 0. The molecule has 0 saturated carbocycles. The number of hydrogen-bond acceptors (Lipinski definition) is 3. The van der Waals surface area contributed by atoms with Crippen molar-refractivity contribution >= 4 is 6.09 Å². The van der Waals surface area contributed by atoms with Crippen LogP contribution in [0.5, 0.6) is 0 Å². The fourth-order valence-corrected chi connectivity index (χ4v) is 1.35. The van der Waals surface area contributed by atoms with Gasteiger partial charge in [-0.3, -0.25) is 0 Å². The molecule has 0 fully saturated rings. The average Bonchev–Trinajstić information content (AvgIpc) is 2.26. The molecule has 0 aliphatic heterocycles. The minimum atomic E-state index is -0.401. The van der Waals surface area contributed by atoms with Crippen molar-refractivity contribution in [3.63, 3.8) is 0 Å². The number of carbonyl (C=O) groups excluding carboxylic acids is 1. The Balaban J connectivity index is 2.51. The number of alkyl carbamates (subject to hydrolysis) is 1. The van der Waals surface area contributed by atoms with E-state index in [4.69, 9.17) is 10.5 Å². The SMILES string of the molecule is CC(C)OC(=O)NCc1ccccc1CN. The molecule has 0 aliphatic rings. The maximum atomic E-state index is 11.3. The van der Waals surface area contributed by atoms with E-state index in [1.165, 1.54) is 0 Å². The lowest BCUT2D eigenvalue weighted by atomic mass is 10.1. The van der Waals surface area contributed by atoms with Gasteiger partial charge in [0.25, 0.3) is 0 Å².